The predicted octanol–water partition coefficient (Wildman–Crippen LogP) is 1.79. The van der Waals surface area contributed by atoms with Crippen molar-refractivity contribution in [3.63, 3.8) is 0 Å². The molecular formula is C9H17N. The standard InChI is InChI=1S/C9H17N/c1-8-5-9(6-8)3-2-4-10-7-9/h8,10H,2-7H2,1H3. The van der Waals surface area contributed by atoms with Crippen LogP contribution in [0.1, 0.15) is 32.6 Å². The van der Waals surface area contributed by atoms with Crippen molar-refractivity contribution in [2.45, 2.75) is 32.6 Å². The Morgan fingerprint density at radius 3 is 2.70 bits per heavy atom. The third kappa shape index (κ3) is 0.968. The van der Waals surface area contributed by atoms with Crippen LogP contribution in [0, 0.1) is 11.3 Å². The number of piperidine rings is 1. The summed E-state index contributed by atoms with van der Waals surface area (Å²) < 4.78 is 0. The third-order valence-corrected chi connectivity index (χ3v) is 3.12. The highest BCUT2D eigenvalue weighted by molar-refractivity contribution is 4.95. The zero-order chi connectivity index (χ0) is 7.03. The largest absolute Gasteiger partial charge is 0.316 e. The molecule has 0 radical (unpaired) electrons. The van der Waals surface area contributed by atoms with Crippen LogP contribution in [0.3, 0.4) is 0 Å². The van der Waals surface area contributed by atoms with Gasteiger partial charge in [0.25, 0.3) is 0 Å². The van der Waals surface area contributed by atoms with E-state index in [1.54, 1.807) is 0 Å². The number of nitrogens with one attached hydrogen (secondary N) is 1. The summed E-state index contributed by atoms with van der Waals surface area (Å²) in [5.74, 6) is 1.01. The first kappa shape index (κ1) is 6.66. The van der Waals surface area contributed by atoms with E-state index in [-0.39, 0.29) is 0 Å². The molecule has 1 nitrogen and oxygen atoms in total. The highest BCUT2D eigenvalue weighted by Crippen LogP contribution is 2.49. The molecule has 1 aliphatic heterocycles. The Bertz CT molecular complexity index is 109. The van der Waals surface area contributed by atoms with E-state index in [0.29, 0.717) is 0 Å². The van der Waals surface area contributed by atoms with Crippen LogP contribution in [-0.4, -0.2) is 13.1 Å². The number of hydrogen-bond acceptors (Lipinski definition) is 1. The SMILES string of the molecule is CC1CC2(CCCNC2)C1. The fraction of sp³-hybridized carbons (Fsp3) is 1.00. The van der Waals surface area contributed by atoms with E-state index in [4.69, 9.17) is 0 Å². The Labute approximate surface area is 63.2 Å². The lowest BCUT2D eigenvalue weighted by molar-refractivity contribution is 0.0381. The monoisotopic (exact) mass is 139 g/mol. The van der Waals surface area contributed by atoms with Crippen molar-refractivity contribution in [3.8, 4) is 0 Å². The van der Waals surface area contributed by atoms with Gasteiger partial charge in [-0.05, 0) is 43.6 Å². The smallest absolute Gasteiger partial charge is 0.000801 e. The molecule has 2 aliphatic rings. The van der Waals surface area contributed by atoms with Crippen LogP contribution >= 0.6 is 0 Å². The molecule has 2 fully saturated rings. The van der Waals surface area contributed by atoms with Crippen molar-refractivity contribution >= 4 is 0 Å². The van der Waals surface area contributed by atoms with Crippen molar-refractivity contribution in [2.75, 3.05) is 13.1 Å². The lowest BCUT2D eigenvalue weighted by atomic mass is 9.59. The second kappa shape index (κ2) is 2.23. The van der Waals surface area contributed by atoms with E-state index in [0.717, 1.165) is 11.3 Å². The molecule has 0 amide bonds. The molecule has 1 spiro atoms. The van der Waals surface area contributed by atoms with E-state index in [1.807, 2.05) is 0 Å². The predicted molar refractivity (Wildman–Crippen MR) is 42.9 cm³/mol. The van der Waals surface area contributed by atoms with Crippen LogP contribution in [0.4, 0.5) is 0 Å². The van der Waals surface area contributed by atoms with E-state index in [1.165, 1.54) is 38.8 Å². The van der Waals surface area contributed by atoms with Gasteiger partial charge in [0.1, 0.15) is 0 Å². The van der Waals surface area contributed by atoms with Crippen molar-refractivity contribution < 1.29 is 0 Å². The summed E-state index contributed by atoms with van der Waals surface area (Å²) in [6.45, 7) is 4.94. The van der Waals surface area contributed by atoms with Gasteiger partial charge in [0.15, 0.2) is 0 Å². The second-order valence-electron chi connectivity index (χ2n) is 4.29. The van der Waals surface area contributed by atoms with Crippen molar-refractivity contribution in [3.05, 3.63) is 0 Å². The van der Waals surface area contributed by atoms with Crippen LogP contribution in [0.15, 0.2) is 0 Å². The molecule has 2 rings (SSSR count). The lowest BCUT2D eigenvalue weighted by Crippen LogP contribution is -2.47. The topological polar surface area (TPSA) is 12.0 Å². The fourth-order valence-electron chi connectivity index (χ4n) is 2.80. The van der Waals surface area contributed by atoms with E-state index >= 15 is 0 Å². The third-order valence-electron chi connectivity index (χ3n) is 3.12. The highest BCUT2D eigenvalue weighted by Gasteiger charge is 2.42. The Morgan fingerprint density at radius 1 is 1.40 bits per heavy atom. The van der Waals surface area contributed by atoms with Crippen LogP contribution < -0.4 is 5.32 Å². The molecule has 1 saturated heterocycles. The van der Waals surface area contributed by atoms with Crippen LogP contribution in [0.25, 0.3) is 0 Å². The highest BCUT2D eigenvalue weighted by atomic mass is 14.9. The molecule has 0 atom stereocenters. The normalized spacial score (nSPS) is 47.1. The molecule has 1 N–H and O–H groups in total. The van der Waals surface area contributed by atoms with Gasteiger partial charge in [-0.15, -0.1) is 0 Å². The average Bonchev–Trinajstić information content (AvgIpc) is 1.87. The first-order valence-corrected chi connectivity index (χ1v) is 4.52. The van der Waals surface area contributed by atoms with Gasteiger partial charge < -0.3 is 5.32 Å². The minimum atomic E-state index is 0.762. The second-order valence-corrected chi connectivity index (χ2v) is 4.29. The first-order chi connectivity index (χ1) is 4.81. The Morgan fingerprint density at radius 2 is 2.20 bits per heavy atom. The van der Waals surface area contributed by atoms with Gasteiger partial charge in [-0.3, -0.25) is 0 Å². The van der Waals surface area contributed by atoms with Gasteiger partial charge in [-0.1, -0.05) is 6.92 Å². The van der Waals surface area contributed by atoms with E-state index < -0.39 is 0 Å². The summed E-state index contributed by atoms with van der Waals surface area (Å²) in [5.41, 5.74) is 0.762. The van der Waals surface area contributed by atoms with E-state index in [9.17, 15) is 0 Å². The van der Waals surface area contributed by atoms with Crippen molar-refractivity contribution in [2.24, 2.45) is 11.3 Å². The molecule has 0 bridgehead atoms. The Hall–Kier alpha value is -0.0400. The molecule has 58 valence electrons. The molecule has 1 heteroatoms. The summed E-state index contributed by atoms with van der Waals surface area (Å²) in [4.78, 5) is 0. The summed E-state index contributed by atoms with van der Waals surface area (Å²) in [6.07, 6.45) is 5.87. The molecule has 1 aliphatic carbocycles. The van der Waals surface area contributed by atoms with Crippen molar-refractivity contribution in [1.29, 1.82) is 0 Å². The Kier molecular flexibility index (Phi) is 1.48. The molecule has 0 aromatic heterocycles. The lowest BCUT2D eigenvalue weighted by Gasteiger charge is -2.49. The van der Waals surface area contributed by atoms with Gasteiger partial charge in [-0.25, -0.2) is 0 Å². The quantitative estimate of drug-likeness (QED) is 0.539. The van der Waals surface area contributed by atoms with Gasteiger partial charge in [0.2, 0.25) is 0 Å². The zero-order valence-electron chi connectivity index (χ0n) is 6.82. The maximum absolute atomic E-state index is 3.50. The fourth-order valence-corrected chi connectivity index (χ4v) is 2.80. The first-order valence-electron chi connectivity index (χ1n) is 4.52. The number of rotatable bonds is 0. The molecule has 1 saturated carbocycles. The van der Waals surface area contributed by atoms with Crippen molar-refractivity contribution in [1.82, 2.24) is 5.32 Å². The molecule has 0 aromatic carbocycles. The maximum Gasteiger partial charge on any atom is 0.000801 e. The van der Waals surface area contributed by atoms with Gasteiger partial charge >= 0.3 is 0 Å². The molecule has 0 unspecified atom stereocenters. The minimum absolute atomic E-state index is 0.762. The zero-order valence-corrected chi connectivity index (χ0v) is 6.82. The average molecular weight is 139 g/mol. The molecule has 1 heterocycles. The molecular weight excluding hydrogens is 122 g/mol. The molecule has 0 aromatic rings. The summed E-state index contributed by atoms with van der Waals surface area (Å²) in [7, 11) is 0. The van der Waals surface area contributed by atoms with Crippen LogP contribution in [-0.2, 0) is 0 Å². The van der Waals surface area contributed by atoms with Crippen LogP contribution in [0.5, 0.6) is 0 Å². The number of hydrogen-bond donors (Lipinski definition) is 1. The van der Waals surface area contributed by atoms with E-state index in [2.05, 4.69) is 12.2 Å². The van der Waals surface area contributed by atoms with Gasteiger partial charge in [0.05, 0.1) is 0 Å². The summed E-state index contributed by atoms with van der Waals surface area (Å²) in [5, 5.41) is 3.50. The Balaban J connectivity index is 1.90. The maximum atomic E-state index is 3.50. The van der Waals surface area contributed by atoms with Gasteiger partial charge in [0, 0.05) is 6.54 Å². The minimum Gasteiger partial charge on any atom is -0.316 e. The summed E-state index contributed by atoms with van der Waals surface area (Å²) >= 11 is 0. The molecule has 10 heavy (non-hydrogen) atoms. The van der Waals surface area contributed by atoms with Crippen LogP contribution in [0.2, 0.25) is 0 Å². The summed E-state index contributed by atoms with van der Waals surface area (Å²) in [6, 6.07) is 0. The van der Waals surface area contributed by atoms with Gasteiger partial charge in [-0.2, -0.15) is 0 Å².